The Balaban J connectivity index is 3.22. The van der Waals surface area contributed by atoms with Crippen LogP contribution in [0, 0.1) is 0 Å². The molecule has 0 saturated heterocycles. The monoisotopic (exact) mass is 597 g/mol. The molecule has 0 spiro atoms. The van der Waals surface area contributed by atoms with Gasteiger partial charge in [-0.05, 0) is 37.0 Å². The summed E-state index contributed by atoms with van der Waals surface area (Å²) in [5.74, 6) is -0.259. The Labute approximate surface area is 237 Å². The van der Waals surface area contributed by atoms with Crippen LogP contribution in [0.25, 0.3) is 0 Å². The fraction of sp³-hybridized carbons (Fsp3) is 0.759. The van der Waals surface area contributed by atoms with E-state index in [9.17, 15) is 32.0 Å². The fourth-order valence-corrected chi connectivity index (χ4v) is 8.01. The molecule has 40 heavy (non-hydrogen) atoms. The Morgan fingerprint density at radius 3 is 2.08 bits per heavy atom. The first-order valence-corrected chi connectivity index (χ1v) is 15.6. The van der Waals surface area contributed by atoms with Crippen LogP contribution in [0.15, 0.2) is 18.2 Å². The molecular formula is C29H48F4NO5P. The summed E-state index contributed by atoms with van der Waals surface area (Å²) in [4.78, 5) is 11.7. The van der Waals surface area contributed by atoms with Gasteiger partial charge in [-0.15, -0.1) is 0 Å². The summed E-state index contributed by atoms with van der Waals surface area (Å²) < 4.78 is 80.8. The van der Waals surface area contributed by atoms with Crippen molar-refractivity contribution in [2.24, 2.45) is 0 Å². The highest BCUT2D eigenvalue weighted by Gasteiger charge is 2.49. The van der Waals surface area contributed by atoms with Gasteiger partial charge in [-0.2, -0.15) is 13.2 Å². The minimum absolute atomic E-state index is 0.000640. The van der Waals surface area contributed by atoms with E-state index in [0.717, 1.165) is 31.7 Å². The summed E-state index contributed by atoms with van der Waals surface area (Å²) in [5, 5.41) is 10.3. The summed E-state index contributed by atoms with van der Waals surface area (Å²) in [6.45, 7) is 11.5. The first kappa shape index (κ1) is 36.2. The highest BCUT2D eigenvalue weighted by molar-refractivity contribution is 7.62. The smallest absolute Gasteiger partial charge is 0.419 e. The van der Waals surface area contributed by atoms with E-state index < -0.39 is 47.7 Å². The molecule has 0 aliphatic heterocycles. The molecule has 0 fully saturated rings. The maximum atomic E-state index is 14.0. The summed E-state index contributed by atoms with van der Waals surface area (Å²) in [5.41, 5.74) is -2.13. The van der Waals surface area contributed by atoms with Crippen molar-refractivity contribution >= 4 is 13.5 Å². The van der Waals surface area contributed by atoms with Crippen LogP contribution in [-0.2, 0) is 21.7 Å². The first-order valence-electron chi connectivity index (χ1n) is 14.0. The predicted molar refractivity (Wildman–Crippen MR) is 152 cm³/mol. The van der Waals surface area contributed by atoms with Gasteiger partial charge in [0, 0.05) is 16.7 Å². The van der Waals surface area contributed by atoms with E-state index in [4.69, 9.17) is 9.26 Å². The normalized spacial score (nSPS) is 14.6. The molecule has 0 heterocycles. The number of carbonyl (C=O) groups is 1. The lowest BCUT2D eigenvalue weighted by Crippen LogP contribution is -2.52. The van der Waals surface area contributed by atoms with Crippen molar-refractivity contribution in [1.29, 1.82) is 0 Å². The molecule has 2 N–H and O–H groups in total. The van der Waals surface area contributed by atoms with Crippen LogP contribution in [0.2, 0.25) is 0 Å². The second-order valence-corrected chi connectivity index (χ2v) is 16.5. The van der Waals surface area contributed by atoms with E-state index in [1.54, 1.807) is 41.5 Å². The third kappa shape index (κ3) is 10.6. The molecular weight excluding hydrogens is 549 g/mol. The molecule has 11 heteroatoms. The molecule has 232 valence electrons. The van der Waals surface area contributed by atoms with Crippen LogP contribution >= 0.6 is 7.37 Å². The lowest BCUT2D eigenvalue weighted by molar-refractivity contribution is -0.139. The molecule has 0 bridgehead atoms. The van der Waals surface area contributed by atoms with Crippen molar-refractivity contribution in [3.05, 3.63) is 29.3 Å². The number of hydrogen-bond acceptors (Lipinski definition) is 4. The zero-order valence-electron chi connectivity index (χ0n) is 25.0. The molecule has 1 atom stereocenters. The lowest BCUT2D eigenvalue weighted by atomic mass is 9.88. The van der Waals surface area contributed by atoms with Gasteiger partial charge < -0.3 is 19.7 Å². The minimum Gasteiger partial charge on any atom is -0.493 e. The number of benzene rings is 1. The topological polar surface area (TPSA) is 84.9 Å². The van der Waals surface area contributed by atoms with Gasteiger partial charge in [-0.1, -0.05) is 80.2 Å². The number of nitrogens with one attached hydrogen (secondary N) is 1. The maximum Gasteiger partial charge on any atom is 0.419 e. The number of aryl methyl sites for hydroxylation is 1. The maximum absolute atomic E-state index is 14.0. The average Bonchev–Trinajstić information content (AvgIpc) is 2.81. The molecule has 0 saturated carbocycles. The van der Waals surface area contributed by atoms with Gasteiger partial charge in [-0.25, -0.2) is 4.79 Å². The molecule has 0 aromatic heterocycles. The van der Waals surface area contributed by atoms with E-state index in [1.807, 2.05) is 0 Å². The van der Waals surface area contributed by atoms with Gasteiger partial charge in [-0.3, -0.25) is 8.96 Å². The van der Waals surface area contributed by atoms with Gasteiger partial charge in [0.1, 0.15) is 5.75 Å². The highest BCUT2D eigenvalue weighted by Crippen LogP contribution is 2.67. The highest BCUT2D eigenvalue weighted by atomic mass is 31.2. The van der Waals surface area contributed by atoms with E-state index in [-0.39, 0.29) is 43.8 Å². The summed E-state index contributed by atoms with van der Waals surface area (Å²) in [6, 6.07) is 3.76. The molecule has 1 aromatic carbocycles. The Hall–Kier alpha value is -1.80. The van der Waals surface area contributed by atoms with Crippen LogP contribution in [0.3, 0.4) is 0 Å². The Kier molecular flexibility index (Phi) is 13.5. The molecule has 1 unspecified atom stereocenters. The molecule has 1 amide bonds. The summed E-state index contributed by atoms with van der Waals surface area (Å²) in [6.07, 6.45) is -1.79. The van der Waals surface area contributed by atoms with E-state index in [2.05, 4.69) is 12.2 Å². The van der Waals surface area contributed by atoms with Gasteiger partial charge in [0.15, 0.2) is 0 Å². The predicted octanol–water partition coefficient (Wildman–Crippen LogP) is 9.24. The lowest BCUT2D eigenvalue weighted by Gasteiger charge is -2.43. The second kappa shape index (κ2) is 14.9. The van der Waals surface area contributed by atoms with Crippen LogP contribution in [-0.4, -0.2) is 46.9 Å². The molecule has 1 rings (SSSR count). The number of halogens is 4. The molecule has 0 radical (unpaired) electrons. The zero-order chi connectivity index (χ0) is 30.8. The Morgan fingerprint density at radius 1 is 0.975 bits per heavy atom. The third-order valence-corrected chi connectivity index (χ3v) is 11.0. The zero-order valence-corrected chi connectivity index (χ0v) is 25.9. The number of alkyl halides is 4. The Morgan fingerprint density at radius 2 is 1.57 bits per heavy atom. The molecule has 0 aliphatic rings. The second-order valence-electron chi connectivity index (χ2n) is 12.4. The van der Waals surface area contributed by atoms with E-state index in [1.165, 1.54) is 12.1 Å². The molecule has 0 aliphatic carbocycles. The van der Waals surface area contributed by atoms with Crippen molar-refractivity contribution in [1.82, 2.24) is 5.32 Å². The van der Waals surface area contributed by atoms with Gasteiger partial charge in [0.25, 0.3) is 0 Å². The van der Waals surface area contributed by atoms with Crippen LogP contribution < -0.4 is 10.1 Å². The molecule has 1 aromatic rings. The number of rotatable bonds is 16. The number of hydrogen-bond donors (Lipinski definition) is 2. The van der Waals surface area contributed by atoms with Crippen molar-refractivity contribution in [3.8, 4) is 5.75 Å². The van der Waals surface area contributed by atoms with Crippen molar-refractivity contribution < 1.29 is 41.3 Å². The van der Waals surface area contributed by atoms with Crippen molar-refractivity contribution in [3.63, 3.8) is 0 Å². The summed E-state index contributed by atoms with van der Waals surface area (Å²) >= 11 is 0. The van der Waals surface area contributed by atoms with Crippen LogP contribution in [0.5, 0.6) is 5.75 Å². The SMILES string of the molecule is CCCCCCCOc1ccc(CCC(CCF)(COP(=O)(C(C)(C)C)C(C)(C)C)NC(=O)O)cc1C(F)(F)F. The Bertz CT molecular complexity index is 970. The molecule has 6 nitrogen and oxygen atoms in total. The largest absolute Gasteiger partial charge is 0.493 e. The quantitative estimate of drug-likeness (QED) is 0.113. The number of amides is 1. The van der Waals surface area contributed by atoms with Crippen LogP contribution in [0.4, 0.5) is 22.4 Å². The third-order valence-electron chi connectivity index (χ3n) is 6.98. The van der Waals surface area contributed by atoms with Gasteiger partial charge in [0.05, 0.1) is 31.0 Å². The van der Waals surface area contributed by atoms with Crippen molar-refractivity contribution in [2.75, 3.05) is 19.9 Å². The number of ether oxygens (including phenoxy) is 1. The van der Waals surface area contributed by atoms with Crippen LogP contribution in [0.1, 0.15) is 105 Å². The first-order chi connectivity index (χ1) is 18.3. The van der Waals surface area contributed by atoms with Gasteiger partial charge >= 0.3 is 12.3 Å². The average molecular weight is 598 g/mol. The van der Waals surface area contributed by atoms with Crippen molar-refractivity contribution in [2.45, 2.75) is 122 Å². The number of carboxylic acid groups (broad SMARTS) is 1. The fourth-order valence-electron chi connectivity index (χ4n) is 4.80. The van der Waals surface area contributed by atoms with Gasteiger partial charge in [0.2, 0.25) is 7.37 Å². The minimum atomic E-state index is -4.65. The standard InChI is InChI=1S/C29H48F4NO5P/c1-8-9-10-11-12-19-38-24-14-13-22(20-23(24)29(31,32)33)15-16-28(17-18-30,34-25(35)36)21-39-40(37,26(2,3)4)27(5,6)7/h13-14,20,34H,8-12,15-19,21H2,1-7H3,(H,35,36). The van der Waals surface area contributed by atoms with E-state index in [0.29, 0.717) is 6.42 Å². The van der Waals surface area contributed by atoms with E-state index >= 15 is 0 Å². The number of unbranched alkanes of at least 4 members (excludes halogenated alkanes) is 4. The summed E-state index contributed by atoms with van der Waals surface area (Å²) in [7, 11) is -3.42.